The Kier molecular flexibility index (Phi) is 5.88. The van der Waals surface area contributed by atoms with E-state index in [2.05, 4.69) is 15.2 Å². The number of morpholine rings is 1. The minimum atomic E-state index is 0.0216. The summed E-state index contributed by atoms with van der Waals surface area (Å²) in [5.74, 6) is 1.80. The number of aromatic nitrogens is 1. The summed E-state index contributed by atoms with van der Waals surface area (Å²) in [7, 11) is 0. The molecule has 0 spiro atoms. The monoisotopic (exact) mass is 363 g/mol. The zero-order chi connectivity index (χ0) is 17.8. The van der Waals surface area contributed by atoms with Crippen molar-refractivity contribution in [2.75, 3.05) is 32.8 Å². The van der Waals surface area contributed by atoms with Crippen LogP contribution in [0.15, 0.2) is 16.5 Å². The highest BCUT2D eigenvalue weighted by Gasteiger charge is 2.25. The van der Waals surface area contributed by atoms with Crippen LogP contribution in [0.3, 0.4) is 0 Å². The van der Waals surface area contributed by atoms with Gasteiger partial charge in [-0.15, -0.1) is 11.3 Å². The van der Waals surface area contributed by atoms with Gasteiger partial charge in [0.1, 0.15) is 11.5 Å². The van der Waals surface area contributed by atoms with Gasteiger partial charge in [0.05, 0.1) is 36.4 Å². The van der Waals surface area contributed by atoms with Crippen LogP contribution in [0, 0.1) is 20.8 Å². The lowest BCUT2D eigenvalue weighted by Gasteiger charge is -2.33. The first kappa shape index (κ1) is 18.1. The van der Waals surface area contributed by atoms with E-state index in [-0.39, 0.29) is 11.9 Å². The predicted octanol–water partition coefficient (Wildman–Crippen LogP) is 2.39. The number of nitrogens with one attached hydrogen (secondary N) is 1. The Morgan fingerprint density at radius 2 is 2.08 bits per heavy atom. The second kappa shape index (κ2) is 8.12. The van der Waals surface area contributed by atoms with Gasteiger partial charge in [0.25, 0.3) is 0 Å². The molecule has 3 rings (SSSR count). The minimum absolute atomic E-state index is 0.0216. The Morgan fingerprint density at radius 1 is 1.32 bits per heavy atom. The summed E-state index contributed by atoms with van der Waals surface area (Å²) in [6.07, 6.45) is 0.379. The second-order valence-electron chi connectivity index (χ2n) is 6.33. The zero-order valence-electron chi connectivity index (χ0n) is 15.0. The van der Waals surface area contributed by atoms with E-state index in [4.69, 9.17) is 9.15 Å². The number of hydrogen-bond acceptors (Lipinski definition) is 6. The van der Waals surface area contributed by atoms with E-state index in [0.29, 0.717) is 26.2 Å². The summed E-state index contributed by atoms with van der Waals surface area (Å²) in [5, 5.41) is 4.07. The Balaban J connectivity index is 1.63. The van der Waals surface area contributed by atoms with Crippen molar-refractivity contribution in [3.8, 4) is 0 Å². The van der Waals surface area contributed by atoms with E-state index < -0.39 is 0 Å². The Hall–Kier alpha value is -1.70. The fourth-order valence-corrected chi connectivity index (χ4v) is 4.02. The van der Waals surface area contributed by atoms with Crippen molar-refractivity contribution in [3.05, 3.63) is 39.2 Å². The van der Waals surface area contributed by atoms with E-state index in [1.165, 1.54) is 0 Å². The van der Waals surface area contributed by atoms with Gasteiger partial charge < -0.3 is 14.5 Å². The van der Waals surface area contributed by atoms with Gasteiger partial charge in [-0.2, -0.15) is 0 Å². The summed E-state index contributed by atoms with van der Waals surface area (Å²) >= 11 is 1.59. The standard InChI is InChI=1S/C18H25N3O3S/c1-12-4-5-16(24-12)15(21-6-8-23-9-7-21)11-19-18(22)10-17-13(2)20-14(3)25-17/h4-5,15H,6-11H2,1-3H3,(H,19,22). The Morgan fingerprint density at radius 3 is 2.68 bits per heavy atom. The third kappa shape index (κ3) is 4.68. The number of hydrogen-bond donors (Lipinski definition) is 1. The van der Waals surface area contributed by atoms with Crippen molar-refractivity contribution in [3.63, 3.8) is 0 Å². The molecule has 2 aromatic rings. The highest BCUT2D eigenvalue weighted by molar-refractivity contribution is 7.11. The maximum absolute atomic E-state index is 12.4. The first-order chi connectivity index (χ1) is 12.0. The van der Waals surface area contributed by atoms with Crippen LogP contribution in [0.25, 0.3) is 0 Å². The average Bonchev–Trinajstić information content (AvgIpc) is 3.14. The smallest absolute Gasteiger partial charge is 0.225 e. The molecule has 1 aliphatic rings. The molecule has 1 amide bonds. The third-order valence-electron chi connectivity index (χ3n) is 4.39. The molecule has 7 heteroatoms. The summed E-state index contributed by atoms with van der Waals surface area (Å²) in [6, 6.07) is 4.00. The van der Waals surface area contributed by atoms with Gasteiger partial charge in [0, 0.05) is 24.5 Å². The van der Waals surface area contributed by atoms with Gasteiger partial charge >= 0.3 is 0 Å². The quantitative estimate of drug-likeness (QED) is 0.854. The molecule has 3 heterocycles. The van der Waals surface area contributed by atoms with Crippen molar-refractivity contribution >= 4 is 17.2 Å². The van der Waals surface area contributed by atoms with E-state index in [9.17, 15) is 4.79 Å². The average molecular weight is 363 g/mol. The van der Waals surface area contributed by atoms with Crippen LogP contribution in [0.1, 0.15) is 33.1 Å². The summed E-state index contributed by atoms with van der Waals surface area (Å²) in [6.45, 7) is 9.49. The fourth-order valence-electron chi connectivity index (χ4n) is 3.09. The van der Waals surface area contributed by atoms with Crippen molar-refractivity contribution in [1.29, 1.82) is 0 Å². The molecular weight excluding hydrogens is 338 g/mol. The molecule has 1 unspecified atom stereocenters. The lowest BCUT2D eigenvalue weighted by Crippen LogP contribution is -2.43. The van der Waals surface area contributed by atoms with Gasteiger partial charge in [0.2, 0.25) is 5.91 Å². The number of furan rings is 1. The van der Waals surface area contributed by atoms with Crippen LogP contribution in [-0.4, -0.2) is 48.6 Å². The Labute approximate surface area is 152 Å². The number of rotatable bonds is 6. The third-order valence-corrected chi connectivity index (χ3v) is 5.46. The molecule has 1 atom stereocenters. The second-order valence-corrected chi connectivity index (χ2v) is 7.62. The topological polar surface area (TPSA) is 67.6 Å². The van der Waals surface area contributed by atoms with Crippen molar-refractivity contribution in [1.82, 2.24) is 15.2 Å². The van der Waals surface area contributed by atoms with Crippen LogP contribution < -0.4 is 5.32 Å². The summed E-state index contributed by atoms with van der Waals surface area (Å²) in [5.41, 5.74) is 0.948. The fraction of sp³-hybridized carbons (Fsp3) is 0.556. The molecule has 0 aromatic carbocycles. The molecule has 2 aromatic heterocycles. The number of amides is 1. The first-order valence-electron chi connectivity index (χ1n) is 8.60. The highest BCUT2D eigenvalue weighted by Crippen LogP contribution is 2.23. The number of thiazole rings is 1. The maximum Gasteiger partial charge on any atom is 0.225 e. The van der Waals surface area contributed by atoms with Crippen molar-refractivity contribution in [2.45, 2.75) is 33.2 Å². The van der Waals surface area contributed by atoms with Crippen LogP contribution >= 0.6 is 11.3 Å². The molecule has 6 nitrogen and oxygen atoms in total. The number of carbonyl (C=O) groups is 1. The molecule has 1 fully saturated rings. The summed E-state index contributed by atoms with van der Waals surface area (Å²) < 4.78 is 11.3. The maximum atomic E-state index is 12.4. The number of ether oxygens (including phenoxy) is 1. The van der Waals surface area contributed by atoms with Gasteiger partial charge in [0.15, 0.2) is 0 Å². The van der Waals surface area contributed by atoms with Crippen LogP contribution in [0.2, 0.25) is 0 Å². The molecule has 0 aliphatic carbocycles. The minimum Gasteiger partial charge on any atom is -0.465 e. The molecular formula is C18H25N3O3S. The van der Waals surface area contributed by atoms with Crippen molar-refractivity contribution < 1.29 is 13.9 Å². The van der Waals surface area contributed by atoms with Gasteiger partial charge in [-0.05, 0) is 32.9 Å². The normalized spacial score (nSPS) is 16.8. The van der Waals surface area contributed by atoms with E-state index >= 15 is 0 Å². The number of aryl methyl sites for hydroxylation is 3. The largest absolute Gasteiger partial charge is 0.465 e. The van der Waals surface area contributed by atoms with Gasteiger partial charge in [-0.25, -0.2) is 4.98 Å². The SMILES string of the molecule is Cc1ccc(C(CNC(=O)Cc2sc(C)nc2C)N2CCOCC2)o1. The molecule has 0 radical (unpaired) electrons. The van der Waals surface area contributed by atoms with Gasteiger partial charge in [-0.1, -0.05) is 0 Å². The molecule has 25 heavy (non-hydrogen) atoms. The lowest BCUT2D eigenvalue weighted by molar-refractivity contribution is -0.120. The summed E-state index contributed by atoms with van der Waals surface area (Å²) in [4.78, 5) is 20.1. The first-order valence-corrected chi connectivity index (χ1v) is 9.42. The molecule has 1 saturated heterocycles. The molecule has 1 aliphatic heterocycles. The predicted molar refractivity (Wildman–Crippen MR) is 96.9 cm³/mol. The highest BCUT2D eigenvalue weighted by atomic mass is 32.1. The van der Waals surface area contributed by atoms with Crippen LogP contribution in [-0.2, 0) is 16.0 Å². The van der Waals surface area contributed by atoms with Gasteiger partial charge in [-0.3, -0.25) is 9.69 Å². The molecule has 136 valence electrons. The van der Waals surface area contributed by atoms with Crippen molar-refractivity contribution in [2.24, 2.45) is 0 Å². The van der Waals surface area contributed by atoms with Crippen LogP contribution in [0.4, 0.5) is 0 Å². The lowest BCUT2D eigenvalue weighted by atomic mass is 10.1. The molecule has 0 saturated carbocycles. The van der Waals surface area contributed by atoms with E-state index in [1.54, 1.807) is 11.3 Å². The van der Waals surface area contributed by atoms with Crippen LogP contribution in [0.5, 0.6) is 0 Å². The van der Waals surface area contributed by atoms with E-state index in [1.807, 2.05) is 32.9 Å². The molecule has 1 N–H and O–H groups in total. The molecule has 0 bridgehead atoms. The number of nitrogens with zero attached hydrogens (tertiary/aromatic N) is 2. The Bertz CT molecular complexity index is 719. The van der Waals surface area contributed by atoms with E-state index in [0.717, 1.165) is 40.2 Å². The number of carbonyl (C=O) groups excluding carboxylic acids is 1. The zero-order valence-corrected chi connectivity index (χ0v) is 15.8.